The van der Waals surface area contributed by atoms with Crippen molar-refractivity contribution in [2.75, 3.05) is 11.9 Å². The maximum Gasteiger partial charge on any atom is 0.245 e. The van der Waals surface area contributed by atoms with Crippen LogP contribution in [0.5, 0.6) is 0 Å². The van der Waals surface area contributed by atoms with Gasteiger partial charge in [-0.25, -0.2) is 0 Å². The summed E-state index contributed by atoms with van der Waals surface area (Å²) in [6.07, 6.45) is 1.40. The molecule has 0 bridgehead atoms. The van der Waals surface area contributed by atoms with Crippen LogP contribution in [0.2, 0.25) is 10.4 Å². The summed E-state index contributed by atoms with van der Waals surface area (Å²) in [4.78, 5) is 3.96. The monoisotopic (exact) mass is 264 g/mol. The van der Waals surface area contributed by atoms with Crippen LogP contribution in [0.3, 0.4) is 0 Å². The summed E-state index contributed by atoms with van der Waals surface area (Å²) in [7, 11) is 0. The van der Waals surface area contributed by atoms with Crippen molar-refractivity contribution < 1.29 is 5.11 Å². The van der Waals surface area contributed by atoms with E-state index in [9.17, 15) is 0 Å². The second-order valence-electron chi connectivity index (χ2n) is 3.73. The maximum absolute atomic E-state index is 8.99. The summed E-state index contributed by atoms with van der Waals surface area (Å²) in [5.74, 6) is 0.388. The molecular formula is C9H14Cl2N4O. The molecule has 1 heterocycles. The third-order valence-electron chi connectivity index (χ3n) is 2.48. The van der Waals surface area contributed by atoms with Gasteiger partial charge in [-0.3, -0.25) is 0 Å². The number of halogens is 2. The van der Waals surface area contributed by atoms with Crippen molar-refractivity contribution >= 4 is 29.0 Å². The third kappa shape index (κ3) is 3.43. The Bertz CT molecular complexity index is 363. The van der Waals surface area contributed by atoms with E-state index < -0.39 is 0 Å². The van der Waals surface area contributed by atoms with Crippen LogP contribution in [0.15, 0.2) is 0 Å². The quantitative estimate of drug-likeness (QED) is 0.853. The number of anilines is 1. The van der Waals surface area contributed by atoms with Gasteiger partial charge in [-0.1, -0.05) is 18.5 Å². The van der Waals surface area contributed by atoms with E-state index >= 15 is 0 Å². The van der Waals surface area contributed by atoms with Gasteiger partial charge in [0.1, 0.15) is 0 Å². The number of aliphatic hydroxyl groups is 1. The van der Waals surface area contributed by atoms with Gasteiger partial charge in [-0.05, 0) is 31.4 Å². The van der Waals surface area contributed by atoms with Crippen molar-refractivity contribution in [1.82, 2.24) is 15.2 Å². The van der Waals surface area contributed by atoms with E-state index in [4.69, 9.17) is 28.3 Å². The van der Waals surface area contributed by atoms with E-state index in [2.05, 4.69) is 20.5 Å². The molecule has 0 radical (unpaired) electrons. The van der Waals surface area contributed by atoms with Gasteiger partial charge in [0, 0.05) is 12.1 Å². The minimum Gasteiger partial charge on any atom is -0.396 e. The Balaban J connectivity index is 2.89. The molecule has 0 saturated carbocycles. The van der Waals surface area contributed by atoms with Gasteiger partial charge in [0.05, 0.1) is 0 Å². The zero-order valence-electron chi connectivity index (χ0n) is 9.17. The largest absolute Gasteiger partial charge is 0.396 e. The van der Waals surface area contributed by atoms with Crippen molar-refractivity contribution in [2.24, 2.45) is 0 Å². The van der Waals surface area contributed by atoms with Crippen molar-refractivity contribution in [1.29, 1.82) is 0 Å². The van der Waals surface area contributed by atoms with Gasteiger partial charge < -0.3 is 10.4 Å². The average Bonchev–Trinajstić information content (AvgIpc) is 2.24. The molecule has 0 aliphatic heterocycles. The van der Waals surface area contributed by atoms with E-state index in [-0.39, 0.29) is 22.6 Å². The normalized spacial score (nSPS) is 14.6. The van der Waals surface area contributed by atoms with Gasteiger partial charge in [-0.15, -0.1) is 10.2 Å². The van der Waals surface area contributed by atoms with Crippen molar-refractivity contribution in [3.63, 3.8) is 0 Å². The number of aliphatic hydroxyl groups excluding tert-OH is 1. The first-order valence-electron chi connectivity index (χ1n) is 4.95. The zero-order valence-corrected chi connectivity index (χ0v) is 10.7. The highest BCUT2D eigenvalue weighted by molar-refractivity contribution is 6.32. The summed E-state index contributed by atoms with van der Waals surface area (Å²) in [5, 5.41) is 19.5. The molecule has 2 N–H and O–H groups in total. The smallest absolute Gasteiger partial charge is 0.245 e. The van der Waals surface area contributed by atoms with Crippen LogP contribution in [-0.4, -0.2) is 32.4 Å². The Kier molecular flexibility index (Phi) is 4.70. The number of aromatic nitrogens is 3. The zero-order chi connectivity index (χ0) is 12.2. The molecule has 0 amide bonds. The second-order valence-corrected chi connectivity index (χ2v) is 4.43. The Morgan fingerprint density at radius 2 is 2.06 bits per heavy atom. The number of nitrogens with one attached hydrogen (secondary N) is 1. The van der Waals surface area contributed by atoms with E-state index in [0.29, 0.717) is 12.2 Å². The lowest BCUT2D eigenvalue weighted by atomic mass is 9.95. The summed E-state index contributed by atoms with van der Waals surface area (Å²) < 4.78 is 0. The lowest BCUT2D eigenvalue weighted by Gasteiger charge is -2.29. The highest BCUT2D eigenvalue weighted by atomic mass is 35.5. The lowest BCUT2D eigenvalue weighted by Crippen LogP contribution is -2.35. The molecule has 1 atom stereocenters. The lowest BCUT2D eigenvalue weighted by molar-refractivity contribution is 0.251. The second kappa shape index (κ2) is 5.61. The van der Waals surface area contributed by atoms with Crippen molar-refractivity contribution in [3.05, 3.63) is 10.4 Å². The Labute approximate surface area is 104 Å². The molecular weight excluding hydrogens is 251 g/mol. The Morgan fingerprint density at radius 1 is 1.38 bits per heavy atom. The molecule has 0 aromatic carbocycles. The standard InChI is InChI=1S/C9H14Cl2N4O/c1-3-9(2,4-5-16)13-7-6(10)14-15-8(11)12-7/h16H,3-5H2,1-2H3,(H,12,13,15). The van der Waals surface area contributed by atoms with Gasteiger partial charge in [-0.2, -0.15) is 4.98 Å². The van der Waals surface area contributed by atoms with E-state index in [1.807, 2.05) is 13.8 Å². The number of hydrogen-bond donors (Lipinski definition) is 2. The molecule has 0 saturated heterocycles. The molecule has 0 aliphatic rings. The van der Waals surface area contributed by atoms with E-state index in [0.717, 1.165) is 6.42 Å². The molecule has 1 aromatic rings. The van der Waals surface area contributed by atoms with E-state index in [1.165, 1.54) is 0 Å². The molecule has 16 heavy (non-hydrogen) atoms. The molecule has 5 nitrogen and oxygen atoms in total. The summed E-state index contributed by atoms with van der Waals surface area (Å²) in [5.41, 5.74) is -0.294. The molecule has 1 aromatic heterocycles. The van der Waals surface area contributed by atoms with Crippen LogP contribution in [-0.2, 0) is 0 Å². The van der Waals surface area contributed by atoms with E-state index in [1.54, 1.807) is 0 Å². The van der Waals surface area contributed by atoms with Gasteiger partial charge in [0.25, 0.3) is 0 Å². The molecule has 1 unspecified atom stereocenters. The topological polar surface area (TPSA) is 70.9 Å². The maximum atomic E-state index is 8.99. The number of hydrogen-bond acceptors (Lipinski definition) is 5. The first-order chi connectivity index (χ1) is 7.50. The highest BCUT2D eigenvalue weighted by Crippen LogP contribution is 2.24. The van der Waals surface area contributed by atoms with Gasteiger partial charge >= 0.3 is 0 Å². The average molecular weight is 265 g/mol. The van der Waals surface area contributed by atoms with Crippen LogP contribution < -0.4 is 5.32 Å². The number of nitrogens with zero attached hydrogens (tertiary/aromatic N) is 3. The highest BCUT2D eigenvalue weighted by Gasteiger charge is 2.23. The first kappa shape index (κ1) is 13.4. The third-order valence-corrected chi connectivity index (χ3v) is 2.90. The number of rotatable bonds is 5. The predicted octanol–water partition coefficient (Wildman–Crippen LogP) is 2.14. The van der Waals surface area contributed by atoms with Crippen LogP contribution in [0, 0.1) is 0 Å². The SMILES string of the molecule is CCC(C)(CCO)Nc1nc(Cl)nnc1Cl. The van der Waals surface area contributed by atoms with Crippen LogP contribution in [0.25, 0.3) is 0 Å². The van der Waals surface area contributed by atoms with Crippen molar-refractivity contribution in [3.8, 4) is 0 Å². The molecule has 90 valence electrons. The van der Waals surface area contributed by atoms with Crippen LogP contribution in [0.1, 0.15) is 26.7 Å². The fourth-order valence-corrected chi connectivity index (χ4v) is 1.48. The molecule has 0 spiro atoms. The van der Waals surface area contributed by atoms with Crippen molar-refractivity contribution in [2.45, 2.75) is 32.2 Å². The fourth-order valence-electron chi connectivity index (χ4n) is 1.23. The molecule has 0 aliphatic carbocycles. The minimum absolute atomic E-state index is 0.0364. The molecule has 7 heteroatoms. The Morgan fingerprint density at radius 3 is 2.62 bits per heavy atom. The Hall–Kier alpha value is -0.650. The predicted molar refractivity (Wildman–Crippen MR) is 63.9 cm³/mol. The molecule has 1 rings (SSSR count). The summed E-state index contributed by atoms with van der Waals surface area (Å²) in [6, 6.07) is 0. The summed E-state index contributed by atoms with van der Waals surface area (Å²) >= 11 is 11.5. The first-order valence-corrected chi connectivity index (χ1v) is 5.71. The summed E-state index contributed by atoms with van der Waals surface area (Å²) in [6.45, 7) is 4.06. The fraction of sp³-hybridized carbons (Fsp3) is 0.667. The van der Waals surface area contributed by atoms with Gasteiger partial charge in [0.2, 0.25) is 5.28 Å². The van der Waals surface area contributed by atoms with Crippen LogP contribution >= 0.6 is 23.2 Å². The minimum atomic E-state index is -0.294. The molecule has 0 fully saturated rings. The van der Waals surface area contributed by atoms with Gasteiger partial charge in [0.15, 0.2) is 11.0 Å². The van der Waals surface area contributed by atoms with Crippen LogP contribution in [0.4, 0.5) is 5.82 Å².